The number of aryl methyl sites for hydroxylation is 1. The van der Waals surface area contributed by atoms with Gasteiger partial charge in [0.25, 0.3) is 5.91 Å². The van der Waals surface area contributed by atoms with Gasteiger partial charge in [0.1, 0.15) is 5.82 Å². The third-order valence-corrected chi connectivity index (χ3v) is 6.37. The minimum absolute atomic E-state index is 0.00809. The van der Waals surface area contributed by atoms with Gasteiger partial charge in [0.05, 0.1) is 5.69 Å². The summed E-state index contributed by atoms with van der Waals surface area (Å²) in [5.74, 6) is -0.826. The molecule has 5 N–H and O–H groups in total. The number of nitrogen functional groups attached to an aromatic ring is 1. The van der Waals surface area contributed by atoms with Crippen LogP contribution in [0.1, 0.15) is 47.8 Å². The second-order valence-electron chi connectivity index (χ2n) is 10.5. The van der Waals surface area contributed by atoms with Gasteiger partial charge in [0, 0.05) is 23.4 Å². The van der Waals surface area contributed by atoms with Crippen molar-refractivity contribution in [3.05, 3.63) is 101 Å². The van der Waals surface area contributed by atoms with E-state index in [4.69, 9.17) is 5.73 Å². The van der Waals surface area contributed by atoms with E-state index in [-0.39, 0.29) is 28.9 Å². The fourth-order valence-electron chi connectivity index (χ4n) is 4.02. The van der Waals surface area contributed by atoms with Crippen molar-refractivity contribution >= 4 is 35.1 Å². The molecule has 0 aliphatic carbocycles. The van der Waals surface area contributed by atoms with Crippen LogP contribution < -0.4 is 21.7 Å². The molecule has 1 aromatic heterocycles. The van der Waals surface area contributed by atoms with Crippen LogP contribution in [0.25, 0.3) is 11.4 Å². The van der Waals surface area contributed by atoms with Gasteiger partial charge in [-0.05, 0) is 71.5 Å². The SMILES string of the molecule is C=CC(=O)Nc1cc(Nc2nc(N)nc(-c3ccc(CNC(=O)c4ccc(C(C)(C)C)cc4)c(C)c3)n2)ccc1F. The van der Waals surface area contributed by atoms with Crippen molar-refractivity contribution < 1.29 is 14.0 Å². The first-order valence-electron chi connectivity index (χ1n) is 12.9. The third kappa shape index (κ3) is 7.30. The molecule has 4 aromatic rings. The maximum absolute atomic E-state index is 14.1. The molecule has 0 saturated heterocycles. The fourth-order valence-corrected chi connectivity index (χ4v) is 4.02. The summed E-state index contributed by atoms with van der Waals surface area (Å²) in [7, 11) is 0. The summed E-state index contributed by atoms with van der Waals surface area (Å²) in [6.45, 7) is 12.0. The van der Waals surface area contributed by atoms with Crippen LogP contribution in [0.2, 0.25) is 0 Å². The first-order chi connectivity index (χ1) is 19.4. The molecule has 2 amide bonds. The minimum Gasteiger partial charge on any atom is -0.368 e. The molecule has 0 bridgehead atoms. The molecule has 1 heterocycles. The number of aromatic nitrogens is 3. The normalized spacial score (nSPS) is 11.0. The molecule has 10 heteroatoms. The number of nitrogens with zero attached hydrogens (tertiary/aromatic N) is 3. The topological polar surface area (TPSA) is 135 Å². The summed E-state index contributed by atoms with van der Waals surface area (Å²) >= 11 is 0. The second-order valence-corrected chi connectivity index (χ2v) is 10.5. The first-order valence-corrected chi connectivity index (χ1v) is 12.9. The molecule has 9 nitrogen and oxygen atoms in total. The molecule has 0 aliphatic rings. The summed E-state index contributed by atoms with van der Waals surface area (Å²) in [5, 5.41) is 8.34. The summed E-state index contributed by atoms with van der Waals surface area (Å²) in [6, 6.07) is 17.4. The average molecular weight is 554 g/mol. The van der Waals surface area contributed by atoms with Gasteiger partial charge in [0.2, 0.25) is 17.8 Å². The van der Waals surface area contributed by atoms with E-state index in [2.05, 4.69) is 58.3 Å². The highest BCUT2D eigenvalue weighted by Crippen LogP contribution is 2.25. The predicted molar refractivity (Wildman–Crippen MR) is 159 cm³/mol. The number of hydrogen-bond donors (Lipinski definition) is 4. The molecule has 0 aliphatic heterocycles. The van der Waals surface area contributed by atoms with Crippen LogP contribution in [0.5, 0.6) is 0 Å². The van der Waals surface area contributed by atoms with Gasteiger partial charge in [-0.15, -0.1) is 0 Å². The van der Waals surface area contributed by atoms with E-state index in [1.807, 2.05) is 49.4 Å². The van der Waals surface area contributed by atoms with Gasteiger partial charge in [0.15, 0.2) is 5.82 Å². The highest BCUT2D eigenvalue weighted by Gasteiger charge is 2.15. The molecule has 210 valence electrons. The summed E-state index contributed by atoms with van der Waals surface area (Å²) in [4.78, 5) is 37.1. The maximum Gasteiger partial charge on any atom is 0.251 e. The Kier molecular flexibility index (Phi) is 8.42. The monoisotopic (exact) mass is 553 g/mol. The van der Waals surface area contributed by atoms with Crippen LogP contribution in [0.3, 0.4) is 0 Å². The fraction of sp³-hybridized carbons (Fsp3) is 0.194. The lowest BCUT2D eigenvalue weighted by molar-refractivity contribution is -0.111. The standard InChI is InChI=1S/C31H32FN7O2/c1-6-26(40)36-25-16-23(13-14-24(25)32)35-30-38-27(37-29(33)39-30)20-7-8-21(18(2)15-20)17-34-28(41)19-9-11-22(12-10-19)31(3,4)5/h6-16H,1,17H2,2-5H3,(H,34,41)(H,36,40)(H3,33,35,37,38,39). The summed E-state index contributed by atoms with van der Waals surface area (Å²) in [6.07, 6.45) is 1.05. The van der Waals surface area contributed by atoms with Crippen LogP contribution in [-0.2, 0) is 16.8 Å². The van der Waals surface area contributed by atoms with Crippen LogP contribution in [0.15, 0.2) is 73.3 Å². The number of benzene rings is 3. The van der Waals surface area contributed by atoms with Gasteiger partial charge in [-0.1, -0.05) is 51.6 Å². The molecular formula is C31H32FN7O2. The molecule has 4 rings (SSSR count). The van der Waals surface area contributed by atoms with E-state index in [0.717, 1.165) is 22.8 Å². The molecule has 0 atom stereocenters. The smallest absolute Gasteiger partial charge is 0.251 e. The lowest BCUT2D eigenvalue weighted by Gasteiger charge is -2.19. The van der Waals surface area contributed by atoms with Crippen LogP contribution >= 0.6 is 0 Å². The van der Waals surface area contributed by atoms with Gasteiger partial charge in [-0.25, -0.2) is 4.39 Å². The number of carbonyl (C=O) groups is 2. The number of halogens is 1. The van der Waals surface area contributed by atoms with Gasteiger partial charge < -0.3 is 21.7 Å². The van der Waals surface area contributed by atoms with Crippen molar-refractivity contribution in [2.24, 2.45) is 0 Å². The van der Waals surface area contributed by atoms with E-state index in [1.165, 1.54) is 18.2 Å². The molecule has 0 saturated carbocycles. The highest BCUT2D eigenvalue weighted by molar-refractivity contribution is 5.99. The zero-order valence-corrected chi connectivity index (χ0v) is 23.4. The number of nitrogens with one attached hydrogen (secondary N) is 3. The largest absolute Gasteiger partial charge is 0.368 e. The van der Waals surface area contributed by atoms with Gasteiger partial charge >= 0.3 is 0 Å². The zero-order chi connectivity index (χ0) is 29.7. The van der Waals surface area contributed by atoms with Crippen molar-refractivity contribution in [2.45, 2.75) is 39.7 Å². The minimum atomic E-state index is -0.605. The lowest BCUT2D eigenvalue weighted by atomic mass is 9.87. The van der Waals surface area contributed by atoms with Crippen molar-refractivity contribution in [2.75, 3.05) is 16.4 Å². The molecular weight excluding hydrogens is 521 g/mol. The van der Waals surface area contributed by atoms with E-state index in [1.54, 1.807) is 0 Å². The summed E-state index contributed by atoms with van der Waals surface area (Å²) in [5.41, 5.74) is 10.7. The first kappa shape index (κ1) is 28.9. The second kappa shape index (κ2) is 12.0. The Hall–Kier alpha value is -5.12. The van der Waals surface area contributed by atoms with E-state index in [9.17, 15) is 14.0 Å². The Morgan fingerprint density at radius 3 is 2.39 bits per heavy atom. The maximum atomic E-state index is 14.1. The van der Waals surface area contributed by atoms with Gasteiger partial charge in [-0.2, -0.15) is 15.0 Å². The average Bonchev–Trinajstić information content (AvgIpc) is 2.93. The van der Waals surface area contributed by atoms with E-state index < -0.39 is 11.7 Å². The van der Waals surface area contributed by atoms with Crippen molar-refractivity contribution in [3.8, 4) is 11.4 Å². The molecule has 0 fully saturated rings. The number of amides is 2. The molecule has 0 unspecified atom stereocenters. The van der Waals surface area contributed by atoms with E-state index in [0.29, 0.717) is 29.2 Å². The zero-order valence-electron chi connectivity index (χ0n) is 23.4. The Bertz CT molecular complexity index is 1610. The lowest BCUT2D eigenvalue weighted by Crippen LogP contribution is -2.23. The molecule has 3 aromatic carbocycles. The highest BCUT2D eigenvalue weighted by atomic mass is 19.1. The van der Waals surface area contributed by atoms with Crippen LogP contribution in [0, 0.1) is 12.7 Å². The van der Waals surface area contributed by atoms with Crippen LogP contribution in [0.4, 0.5) is 27.7 Å². The molecule has 41 heavy (non-hydrogen) atoms. The van der Waals surface area contributed by atoms with Crippen molar-refractivity contribution in [3.63, 3.8) is 0 Å². The summed E-state index contributed by atoms with van der Waals surface area (Å²) < 4.78 is 14.1. The number of hydrogen-bond acceptors (Lipinski definition) is 7. The van der Waals surface area contributed by atoms with Crippen LogP contribution in [-0.4, -0.2) is 26.8 Å². The Morgan fingerprint density at radius 1 is 1.00 bits per heavy atom. The van der Waals surface area contributed by atoms with E-state index >= 15 is 0 Å². The van der Waals surface area contributed by atoms with Crippen molar-refractivity contribution in [1.82, 2.24) is 20.3 Å². The third-order valence-electron chi connectivity index (χ3n) is 6.37. The van der Waals surface area contributed by atoms with Gasteiger partial charge in [-0.3, -0.25) is 9.59 Å². The number of carbonyl (C=O) groups excluding carboxylic acids is 2. The molecule has 0 spiro atoms. The Morgan fingerprint density at radius 2 is 1.73 bits per heavy atom. The number of anilines is 4. The number of rotatable bonds is 8. The predicted octanol–water partition coefficient (Wildman–Crippen LogP) is 5.66. The number of nitrogens with two attached hydrogens (primary N) is 1. The molecule has 0 radical (unpaired) electrons. The Labute approximate surface area is 238 Å². The Balaban J connectivity index is 1.47. The quantitative estimate of drug-likeness (QED) is 0.207. The van der Waals surface area contributed by atoms with Crippen molar-refractivity contribution in [1.29, 1.82) is 0 Å².